The summed E-state index contributed by atoms with van der Waals surface area (Å²) in [5, 5.41) is 0. The molecule has 9 heavy (non-hydrogen) atoms. The molecule has 0 amide bonds. The van der Waals surface area contributed by atoms with E-state index < -0.39 is 11.8 Å². The van der Waals surface area contributed by atoms with Gasteiger partial charge < -0.3 is 0 Å². The molecule has 0 saturated heterocycles. The van der Waals surface area contributed by atoms with E-state index in [-0.39, 0.29) is 0 Å². The quantitative estimate of drug-likeness (QED) is 0.517. The lowest BCUT2D eigenvalue weighted by atomic mass is 9.90. The van der Waals surface area contributed by atoms with E-state index in [1.807, 2.05) is 0 Å². The molecule has 0 N–H and O–H groups in total. The number of hydrogen-bond donors (Lipinski definition) is 0. The fourth-order valence-electron chi connectivity index (χ4n) is 1.40. The van der Waals surface area contributed by atoms with Crippen LogP contribution >= 0.6 is 0 Å². The summed E-state index contributed by atoms with van der Waals surface area (Å²) in [7, 11) is 0. The highest BCUT2D eigenvalue weighted by Crippen LogP contribution is 2.42. The molecule has 1 rings (SSSR count). The Hall–Kier alpha value is -0.140. The van der Waals surface area contributed by atoms with E-state index in [1.165, 1.54) is 0 Å². The van der Waals surface area contributed by atoms with Crippen molar-refractivity contribution >= 4 is 0 Å². The molecule has 0 aromatic rings. The van der Waals surface area contributed by atoms with Gasteiger partial charge in [0, 0.05) is 5.41 Å². The number of rotatable bonds is 1. The van der Waals surface area contributed by atoms with Crippen LogP contribution in [0.1, 0.15) is 32.6 Å². The Labute approximate surface area is 54.3 Å². The molecule has 1 fully saturated rings. The van der Waals surface area contributed by atoms with Crippen molar-refractivity contribution in [2.75, 3.05) is 0 Å². The summed E-state index contributed by atoms with van der Waals surface area (Å²) in [6.07, 6.45) is 1.29. The number of alkyl halides is 2. The minimum Gasteiger partial charge on any atom is -0.210 e. The van der Waals surface area contributed by atoms with Gasteiger partial charge in [0.15, 0.2) is 0 Å². The van der Waals surface area contributed by atoms with E-state index in [4.69, 9.17) is 0 Å². The van der Waals surface area contributed by atoms with E-state index in [1.54, 1.807) is 6.92 Å². The predicted octanol–water partition coefficient (Wildman–Crippen LogP) is 2.83. The maximum absolute atomic E-state index is 12.1. The first-order valence-corrected chi connectivity index (χ1v) is 3.43. The van der Waals surface area contributed by atoms with Gasteiger partial charge in [-0.15, -0.1) is 0 Å². The summed E-state index contributed by atoms with van der Waals surface area (Å²) >= 11 is 0. The molecule has 0 aromatic carbocycles. The van der Waals surface area contributed by atoms with E-state index in [0.29, 0.717) is 12.8 Å². The van der Waals surface area contributed by atoms with Crippen LogP contribution in [0.4, 0.5) is 8.78 Å². The highest BCUT2D eigenvalue weighted by atomic mass is 19.3. The predicted molar refractivity (Wildman–Crippen MR) is 32.6 cm³/mol. The molecule has 0 spiro atoms. The van der Waals surface area contributed by atoms with Crippen LogP contribution in [0.15, 0.2) is 0 Å². The molecule has 0 heterocycles. The Kier molecular flexibility index (Phi) is 1.73. The van der Waals surface area contributed by atoms with Crippen LogP contribution < -0.4 is 0 Å². The molecule has 0 unspecified atom stereocenters. The maximum Gasteiger partial charge on any atom is 0.243 e. The molecule has 1 aliphatic carbocycles. The Morgan fingerprint density at radius 3 is 1.89 bits per heavy atom. The van der Waals surface area contributed by atoms with Gasteiger partial charge in [-0.25, -0.2) is 8.78 Å². The van der Waals surface area contributed by atoms with Gasteiger partial charge in [-0.05, 0) is 12.8 Å². The van der Waals surface area contributed by atoms with Gasteiger partial charge in [0.25, 0.3) is 0 Å². The van der Waals surface area contributed by atoms with Gasteiger partial charge in [0.05, 0.1) is 0 Å². The molecule has 1 saturated carbocycles. The summed E-state index contributed by atoms with van der Waals surface area (Å²) in [4.78, 5) is 0. The Morgan fingerprint density at radius 1 is 1.22 bits per heavy atom. The third-order valence-electron chi connectivity index (χ3n) is 2.27. The van der Waals surface area contributed by atoms with Crippen LogP contribution in [0.2, 0.25) is 0 Å². The van der Waals surface area contributed by atoms with Gasteiger partial charge in [0.1, 0.15) is 0 Å². The summed E-state index contributed by atoms with van der Waals surface area (Å²) in [6, 6.07) is 0. The van der Waals surface area contributed by atoms with Crippen LogP contribution in [0.3, 0.4) is 0 Å². The SMILES string of the molecule is CC1(C(F)F)CCCC1. The van der Waals surface area contributed by atoms with Crippen molar-refractivity contribution in [1.29, 1.82) is 0 Å². The van der Waals surface area contributed by atoms with E-state index in [0.717, 1.165) is 12.8 Å². The highest BCUT2D eigenvalue weighted by Gasteiger charge is 2.37. The topological polar surface area (TPSA) is 0 Å². The summed E-state index contributed by atoms with van der Waals surface area (Å²) in [5.74, 6) is 0. The second kappa shape index (κ2) is 2.24. The zero-order valence-corrected chi connectivity index (χ0v) is 5.66. The molecule has 0 atom stereocenters. The summed E-state index contributed by atoms with van der Waals surface area (Å²) < 4.78 is 24.2. The van der Waals surface area contributed by atoms with Crippen molar-refractivity contribution in [1.82, 2.24) is 0 Å². The first kappa shape index (κ1) is 6.97. The molecule has 54 valence electrons. The molecule has 0 radical (unpaired) electrons. The van der Waals surface area contributed by atoms with Gasteiger partial charge in [-0.3, -0.25) is 0 Å². The molecule has 0 aromatic heterocycles. The van der Waals surface area contributed by atoms with Crippen molar-refractivity contribution in [2.24, 2.45) is 5.41 Å². The Bertz CT molecular complexity index is 93.1. The minimum absolute atomic E-state index is 0.639. The maximum atomic E-state index is 12.1. The molecule has 2 heteroatoms. The van der Waals surface area contributed by atoms with Crippen LogP contribution in [0, 0.1) is 5.41 Å². The lowest BCUT2D eigenvalue weighted by Gasteiger charge is -2.21. The standard InChI is InChI=1S/C7H12F2/c1-7(6(8)9)4-2-3-5-7/h6H,2-5H2,1H3. The van der Waals surface area contributed by atoms with Crippen molar-refractivity contribution in [2.45, 2.75) is 39.0 Å². The van der Waals surface area contributed by atoms with E-state index in [9.17, 15) is 8.78 Å². The van der Waals surface area contributed by atoms with Crippen molar-refractivity contribution in [3.05, 3.63) is 0 Å². The molecular formula is C7H12F2. The van der Waals surface area contributed by atoms with Crippen molar-refractivity contribution in [3.63, 3.8) is 0 Å². The van der Waals surface area contributed by atoms with E-state index >= 15 is 0 Å². The average Bonchev–Trinajstić information content (AvgIpc) is 2.16. The van der Waals surface area contributed by atoms with Gasteiger partial charge in [-0.1, -0.05) is 19.8 Å². The second-order valence-electron chi connectivity index (χ2n) is 3.16. The average molecular weight is 134 g/mol. The third-order valence-corrected chi connectivity index (χ3v) is 2.27. The summed E-state index contributed by atoms with van der Waals surface area (Å²) in [6.45, 7) is 1.69. The van der Waals surface area contributed by atoms with Gasteiger partial charge >= 0.3 is 0 Å². The zero-order valence-electron chi connectivity index (χ0n) is 5.66. The molecular weight excluding hydrogens is 122 g/mol. The zero-order chi connectivity index (χ0) is 6.91. The number of hydrogen-bond acceptors (Lipinski definition) is 0. The highest BCUT2D eigenvalue weighted by molar-refractivity contribution is 4.82. The molecule has 0 bridgehead atoms. The smallest absolute Gasteiger partial charge is 0.210 e. The minimum atomic E-state index is -2.11. The van der Waals surface area contributed by atoms with Crippen LogP contribution in [0.25, 0.3) is 0 Å². The fourth-order valence-corrected chi connectivity index (χ4v) is 1.40. The van der Waals surface area contributed by atoms with Gasteiger partial charge in [-0.2, -0.15) is 0 Å². The normalized spacial score (nSPS) is 25.3. The largest absolute Gasteiger partial charge is 0.243 e. The Balaban J connectivity index is 2.51. The van der Waals surface area contributed by atoms with Crippen LogP contribution in [-0.2, 0) is 0 Å². The second-order valence-corrected chi connectivity index (χ2v) is 3.16. The molecule has 1 aliphatic rings. The lowest BCUT2D eigenvalue weighted by molar-refractivity contribution is 0.0119. The summed E-state index contributed by atoms with van der Waals surface area (Å²) in [5.41, 5.74) is -0.639. The van der Waals surface area contributed by atoms with Gasteiger partial charge in [0.2, 0.25) is 6.43 Å². The Morgan fingerprint density at radius 2 is 1.67 bits per heavy atom. The number of halogens is 2. The fraction of sp³-hybridized carbons (Fsp3) is 1.00. The van der Waals surface area contributed by atoms with Crippen molar-refractivity contribution in [3.8, 4) is 0 Å². The monoisotopic (exact) mass is 134 g/mol. The van der Waals surface area contributed by atoms with Crippen LogP contribution in [-0.4, -0.2) is 6.43 Å². The van der Waals surface area contributed by atoms with Crippen LogP contribution in [0.5, 0.6) is 0 Å². The third kappa shape index (κ3) is 1.22. The molecule has 0 nitrogen and oxygen atoms in total. The molecule has 0 aliphatic heterocycles. The van der Waals surface area contributed by atoms with E-state index in [2.05, 4.69) is 0 Å². The lowest BCUT2D eigenvalue weighted by Crippen LogP contribution is -2.21. The van der Waals surface area contributed by atoms with Crippen molar-refractivity contribution < 1.29 is 8.78 Å². The first-order valence-electron chi connectivity index (χ1n) is 3.43. The first-order chi connectivity index (χ1) is 4.15.